The van der Waals surface area contributed by atoms with E-state index in [1.165, 1.54) is 24.3 Å². The third-order valence-electron chi connectivity index (χ3n) is 3.61. The highest BCUT2D eigenvalue weighted by Gasteiger charge is 2.39. The summed E-state index contributed by atoms with van der Waals surface area (Å²) >= 11 is 0. The van der Waals surface area contributed by atoms with Crippen LogP contribution >= 0.6 is 0 Å². The van der Waals surface area contributed by atoms with Crippen LogP contribution in [0, 0.1) is 5.82 Å². The van der Waals surface area contributed by atoms with Gasteiger partial charge in [-0.15, -0.1) is 0 Å². The van der Waals surface area contributed by atoms with Gasteiger partial charge in [0.25, 0.3) is 0 Å². The molecule has 5 heteroatoms. The summed E-state index contributed by atoms with van der Waals surface area (Å²) in [5.74, 6) is -1.46. The van der Waals surface area contributed by atoms with E-state index in [0.717, 1.165) is 5.56 Å². The number of carboxylic acids is 1. The Balaban J connectivity index is 2.46. The Morgan fingerprint density at radius 3 is 2.38 bits per heavy atom. The van der Waals surface area contributed by atoms with E-state index in [4.69, 9.17) is 11.5 Å². The fraction of sp³-hybridized carbons (Fsp3) is 0.188. The molecule has 0 fully saturated rings. The summed E-state index contributed by atoms with van der Waals surface area (Å²) in [4.78, 5) is 11.8. The molecule has 0 aliphatic rings. The molecule has 2 aromatic rings. The molecule has 0 amide bonds. The number of carboxylic acid groups (broad SMARTS) is 1. The van der Waals surface area contributed by atoms with E-state index in [1.807, 2.05) is 0 Å². The van der Waals surface area contributed by atoms with E-state index in [0.29, 0.717) is 11.3 Å². The predicted octanol–water partition coefficient (Wildman–Crippen LogP) is 1.93. The molecule has 0 bridgehead atoms. The van der Waals surface area contributed by atoms with Crippen LogP contribution in [0.4, 0.5) is 10.1 Å². The van der Waals surface area contributed by atoms with Crippen LogP contribution < -0.4 is 11.5 Å². The average Bonchev–Trinajstić information content (AvgIpc) is 2.45. The number of nitrogen functional groups attached to an aromatic ring is 1. The largest absolute Gasteiger partial charge is 0.481 e. The number of hydrogen-bond acceptors (Lipinski definition) is 3. The summed E-state index contributed by atoms with van der Waals surface area (Å²) in [6, 6.07) is 12.4. The van der Waals surface area contributed by atoms with E-state index in [-0.39, 0.29) is 13.0 Å². The zero-order chi connectivity index (χ0) is 15.5. The van der Waals surface area contributed by atoms with Crippen LogP contribution in [0.25, 0.3) is 0 Å². The third-order valence-corrected chi connectivity index (χ3v) is 3.61. The van der Waals surface area contributed by atoms with E-state index < -0.39 is 17.2 Å². The number of carbonyl (C=O) groups is 1. The van der Waals surface area contributed by atoms with Crippen molar-refractivity contribution in [1.29, 1.82) is 0 Å². The Labute approximate surface area is 122 Å². The van der Waals surface area contributed by atoms with Crippen molar-refractivity contribution in [2.75, 3.05) is 12.3 Å². The van der Waals surface area contributed by atoms with Gasteiger partial charge in [-0.25, -0.2) is 4.39 Å². The maximum Gasteiger partial charge on any atom is 0.315 e. The predicted molar refractivity (Wildman–Crippen MR) is 79.3 cm³/mol. The van der Waals surface area contributed by atoms with Gasteiger partial charge in [-0.05, 0) is 41.8 Å². The minimum Gasteiger partial charge on any atom is -0.481 e. The highest BCUT2D eigenvalue weighted by molar-refractivity contribution is 5.82. The quantitative estimate of drug-likeness (QED) is 0.733. The second kappa shape index (κ2) is 5.93. The van der Waals surface area contributed by atoms with Gasteiger partial charge in [0.15, 0.2) is 0 Å². The van der Waals surface area contributed by atoms with Gasteiger partial charge in [0, 0.05) is 12.2 Å². The maximum absolute atomic E-state index is 13.1. The molecule has 0 saturated carbocycles. The second-order valence-corrected chi connectivity index (χ2v) is 5.02. The van der Waals surface area contributed by atoms with Gasteiger partial charge in [-0.1, -0.05) is 24.3 Å². The highest BCUT2D eigenvalue weighted by Crippen LogP contribution is 2.29. The lowest BCUT2D eigenvalue weighted by Crippen LogP contribution is -2.45. The van der Waals surface area contributed by atoms with Crippen LogP contribution in [-0.4, -0.2) is 17.6 Å². The lowest BCUT2D eigenvalue weighted by atomic mass is 9.75. The first kappa shape index (κ1) is 15.0. The van der Waals surface area contributed by atoms with Crippen molar-refractivity contribution in [3.63, 3.8) is 0 Å². The van der Waals surface area contributed by atoms with Crippen LogP contribution in [0.15, 0.2) is 48.5 Å². The van der Waals surface area contributed by atoms with Gasteiger partial charge in [-0.2, -0.15) is 0 Å². The minimum absolute atomic E-state index is 0.0945. The number of hydrogen-bond donors (Lipinski definition) is 3. The molecule has 2 rings (SSSR count). The molecule has 110 valence electrons. The number of benzene rings is 2. The molecule has 5 N–H and O–H groups in total. The van der Waals surface area contributed by atoms with Gasteiger partial charge in [0.05, 0.1) is 0 Å². The Bertz CT molecular complexity index is 643. The van der Waals surface area contributed by atoms with E-state index in [2.05, 4.69) is 0 Å². The fourth-order valence-electron chi connectivity index (χ4n) is 2.40. The lowest BCUT2D eigenvalue weighted by Gasteiger charge is -2.28. The molecule has 1 unspecified atom stereocenters. The minimum atomic E-state index is -1.30. The zero-order valence-corrected chi connectivity index (χ0v) is 11.4. The zero-order valence-electron chi connectivity index (χ0n) is 11.4. The molecule has 0 aliphatic heterocycles. The van der Waals surface area contributed by atoms with Crippen molar-refractivity contribution < 1.29 is 14.3 Å². The first-order valence-corrected chi connectivity index (χ1v) is 6.52. The number of anilines is 1. The van der Waals surface area contributed by atoms with Crippen molar-refractivity contribution in [2.45, 2.75) is 11.8 Å². The van der Waals surface area contributed by atoms with Crippen LogP contribution in [-0.2, 0) is 16.6 Å². The van der Waals surface area contributed by atoms with Crippen molar-refractivity contribution in [1.82, 2.24) is 0 Å². The number of aliphatic carboxylic acids is 1. The van der Waals surface area contributed by atoms with Crippen molar-refractivity contribution in [3.05, 3.63) is 65.5 Å². The normalized spacial score (nSPS) is 13.6. The number of halogens is 1. The van der Waals surface area contributed by atoms with Crippen LogP contribution in [0.2, 0.25) is 0 Å². The first-order valence-electron chi connectivity index (χ1n) is 6.52. The Morgan fingerprint density at radius 1 is 1.19 bits per heavy atom. The first-order chi connectivity index (χ1) is 9.98. The molecule has 0 saturated heterocycles. The summed E-state index contributed by atoms with van der Waals surface area (Å²) in [6.07, 6.45) is 0.190. The van der Waals surface area contributed by atoms with Crippen molar-refractivity contribution in [3.8, 4) is 0 Å². The van der Waals surface area contributed by atoms with Gasteiger partial charge < -0.3 is 16.6 Å². The van der Waals surface area contributed by atoms with Gasteiger partial charge in [-0.3, -0.25) is 4.79 Å². The highest BCUT2D eigenvalue weighted by atomic mass is 19.1. The summed E-state index contributed by atoms with van der Waals surface area (Å²) in [7, 11) is 0. The molecule has 1 atom stereocenters. The van der Waals surface area contributed by atoms with Gasteiger partial charge in [0.1, 0.15) is 11.2 Å². The molecular weight excluding hydrogens is 271 g/mol. The van der Waals surface area contributed by atoms with Crippen molar-refractivity contribution in [2.24, 2.45) is 5.73 Å². The SMILES string of the molecule is NCC(Cc1cccc(N)c1)(C(=O)O)c1ccc(F)cc1. The summed E-state index contributed by atoms with van der Waals surface area (Å²) < 4.78 is 13.1. The third kappa shape index (κ3) is 3.03. The Morgan fingerprint density at radius 2 is 1.86 bits per heavy atom. The van der Waals surface area contributed by atoms with Crippen LogP contribution in [0.3, 0.4) is 0 Å². The maximum atomic E-state index is 13.1. The van der Waals surface area contributed by atoms with E-state index >= 15 is 0 Å². The second-order valence-electron chi connectivity index (χ2n) is 5.02. The summed E-state index contributed by atoms with van der Waals surface area (Å²) in [6.45, 7) is -0.0945. The molecule has 4 nitrogen and oxygen atoms in total. The molecule has 0 heterocycles. The standard InChI is InChI=1S/C16H17FN2O2/c17-13-6-4-12(5-7-13)16(10-18,15(20)21)9-11-2-1-3-14(19)8-11/h1-8H,9-10,18-19H2,(H,20,21). The molecular formula is C16H17FN2O2. The number of rotatable bonds is 5. The monoisotopic (exact) mass is 288 g/mol. The van der Waals surface area contributed by atoms with Gasteiger partial charge in [0.2, 0.25) is 0 Å². The smallest absolute Gasteiger partial charge is 0.315 e. The molecule has 2 aromatic carbocycles. The summed E-state index contributed by atoms with van der Waals surface area (Å²) in [5.41, 5.74) is 12.0. The van der Waals surface area contributed by atoms with Gasteiger partial charge >= 0.3 is 5.97 Å². The molecule has 0 aromatic heterocycles. The van der Waals surface area contributed by atoms with Crippen molar-refractivity contribution >= 4 is 11.7 Å². The van der Waals surface area contributed by atoms with Crippen LogP contribution in [0.1, 0.15) is 11.1 Å². The van der Waals surface area contributed by atoms with E-state index in [9.17, 15) is 14.3 Å². The molecule has 0 aliphatic carbocycles. The topological polar surface area (TPSA) is 89.3 Å². The average molecular weight is 288 g/mol. The molecule has 0 radical (unpaired) electrons. The molecule has 0 spiro atoms. The Hall–Kier alpha value is -2.40. The fourth-order valence-corrected chi connectivity index (χ4v) is 2.40. The van der Waals surface area contributed by atoms with Crippen LogP contribution in [0.5, 0.6) is 0 Å². The lowest BCUT2D eigenvalue weighted by molar-refractivity contribution is -0.143. The van der Waals surface area contributed by atoms with E-state index in [1.54, 1.807) is 24.3 Å². The summed E-state index contributed by atoms with van der Waals surface area (Å²) in [5, 5.41) is 9.67. The number of nitrogens with two attached hydrogens (primary N) is 2. The Kier molecular flexibility index (Phi) is 4.23. The molecule has 21 heavy (non-hydrogen) atoms.